The Balaban J connectivity index is 2.02. The highest BCUT2D eigenvalue weighted by molar-refractivity contribution is 5.95. The number of carboxylic acid groups (broad SMARTS) is 1. The minimum Gasteiger partial charge on any atom is -0.477 e. The molecule has 2 fully saturated rings. The highest BCUT2D eigenvalue weighted by Crippen LogP contribution is 2.43. The lowest BCUT2D eigenvalue weighted by molar-refractivity contribution is 0.0680. The Morgan fingerprint density at radius 1 is 1.41 bits per heavy atom. The summed E-state index contributed by atoms with van der Waals surface area (Å²) in [6.07, 6.45) is 2.10. The molecule has 27 heavy (non-hydrogen) atoms. The zero-order valence-corrected chi connectivity index (χ0v) is 15.3. The number of aliphatic hydroxyl groups is 1. The van der Waals surface area contributed by atoms with Gasteiger partial charge in [-0.15, -0.1) is 0 Å². The van der Waals surface area contributed by atoms with Crippen LogP contribution in [0.5, 0.6) is 0 Å². The maximum atomic E-state index is 15.2. The van der Waals surface area contributed by atoms with E-state index in [4.69, 9.17) is 0 Å². The number of aryl methyl sites for hydroxylation is 1. The van der Waals surface area contributed by atoms with E-state index in [2.05, 4.69) is 5.32 Å². The molecule has 1 aromatic carbocycles. The van der Waals surface area contributed by atoms with Crippen molar-refractivity contribution in [1.82, 2.24) is 9.88 Å². The van der Waals surface area contributed by atoms with Gasteiger partial charge in [-0.3, -0.25) is 4.79 Å². The van der Waals surface area contributed by atoms with E-state index in [1.54, 1.807) is 6.07 Å². The molecule has 7 nitrogen and oxygen atoms in total. The number of aromatic nitrogens is 1. The SMILES string of the molecule is Cc1c(F)c(N2CCNC(C)C2)cc2c1c(=O)c(C(=O)O)cn2C1(O)CC1. The van der Waals surface area contributed by atoms with Gasteiger partial charge in [0.05, 0.1) is 16.6 Å². The molecule has 0 spiro atoms. The van der Waals surface area contributed by atoms with Crippen LogP contribution in [-0.4, -0.2) is 46.4 Å². The molecule has 1 saturated heterocycles. The second-order valence-electron chi connectivity index (χ2n) is 7.56. The number of hydrogen-bond donors (Lipinski definition) is 3. The van der Waals surface area contributed by atoms with Gasteiger partial charge in [-0.25, -0.2) is 9.18 Å². The van der Waals surface area contributed by atoms with Crippen molar-refractivity contribution in [3.8, 4) is 0 Å². The molecule has 2 heterocycles. The molecule has 1 atom stereocenters. The second-order valence-corrected chi connectivity index (χ2v) is 7.56. The molecule has 0 amide bonds. The number of carbonyl (C=O) groups is 1. The summed E-state index contributed by atoms with van der Waals surface area (Å²) in [5, 5.41) is 23.3. The summed E-state index contributed by atoms with van der Waals surface area (Å²) in [4.78, 5) is 26.1. The van der Waals surface area contributed by atoms with Crippen molar-refractivity contribution in [3.63, 3.8) is 0 Å². The monoisotopic (exact) mass is 375 g/mol. The van der Waals surface area contributed by atoms with E-state index >= 15 is 4.39 Å². The molecule has 2 aliphatic rings. The fourth-order valence-electron chi connectivity index (χ4n) is 3.86. The lowest BCUT2D eigenvalue weighted by atomic mass is 10.0. The average Bonchev–Trinajstić information content (AvgIpc) is 3.36. The smallest absolute Gasteiger partial charge is 0.341 e. The molecule has 1 aromatic heterocycles. The number of halogens is 1. The van der Waals surface area contributed by atoms with Gasteiger partial charge < -0.3 is 25.0 Å². The predicted octanol–water partition coefficient (Wildman–Crippen LogP) is 1.38. The maximum absolute atomic E-state index is 15.2. The number of carboxylic acids is 1. The number of aromatic carboxylic acids is 1. The zero-order chi connectivity index (χ0) is 19.5. The maximum Gasteiger partial charge on any atom is 0.341 e. The van der Waals surface area contributed by atoms with Gasteiger partial charge in [0.15, 0.2) is 0 Å². The van der Waals surface area contributed by atoms with Gasteiger partial charge in [0.1, 0.15) is 17.1 Å². The normalized spacial score (nSPS) is 21.5. The van der Waals surface area contributed by atoms with Gasteiger partial charge in [-0.05, 0) is 32.8 Å². The third-order valence-electron chi connectivity index (χ3n) is 5.53. The van der Waals surface area contributed by atoms with Crippen LogP contribution >= 0.6 is 0 Å². The number of pyridine rings is 1. The van der Waals surface area contributed by atoms with Crippen molar-refractivity contribution < 1.29 is 19.4 Å². The molecule has 0 radical (unpaired) electrons. The van der Waals surface area contributed by atoms with Gasteiger partial charge in [0.2, 0.25) is 5.43 Å². The zero-order valence-electron chi connectivity index (χ0n) is 15.3. The number of rotatable bonds is 3. The summed E-state index contributed by atoms with van der Waals surface area (Å²) < 4.78 is 16.6. The first-order valence-electron chi connectivity index (χ1n) is 9.06. The van der Waals surface area contributed by atoms with Crippen LogP contribution in [0.25, 0.3) is 10.9 Å². The second kappa shape index (κ2) is 6.03. The Labute approximate surface area is 155 Å². The number of benzene rings is 1. The molecule has 3 N–H and O–H groups in total. The molecule has 1 aliphatic heterocycles. The van der Waals surface area contributed by atoms with Crippen LogP contribution in [0.2, 0.25) is 0 Å². The number of piperazine rings is 1. The number of anilines is 1. The highest BCUT2D eigenvalue weighted by Gasteiger charge is 2.43. The number of fused-ring (bicyclic) bond motifs is 1. The molecule has 4 rings (SSSR count). The van der Waals surface area contributed by atoms with Crippen LogP contribution in [0.15, 0.2) is 17.1 Å². The van der Waals surface area contributed by atoms with E-state index in [1.165, 1.54) is 17.7 Å². The van der Waals surface area contributed by atoms with Gasteiger partial charge in [-0.2, -0.15) is 0 Å². The molecule has 2 aromatic rings. The van der Waals surface area contributed by atoms with Crippen LogP contribution in [0.4, 0.5) is 10.1 Å². The van der Waals surface area contributed by atoms with Gasteiger partial charge in [-0.1, -0.05) is 0 Å². The van der Waals surface area contributed by atoms with E-state index in [-0.39, 0.29) is 17.0 Å². The molecule has 8 heteroatoms. The Kier molecular flexibility index (Phi) is 4.01. The summed E-state index contributed by atoms with van der Waals surface area (Å²) in [7, 11) is 0. The highest BCUT2D eigenvalue weighted by atomic mass is 19.1. The fraction of sp³-hybridized carbons (Fsp3) is 0.474. The summed E-state index contributed by atoms with van der Waals surface area (Å²) in [5.74, 6) is -1.91. The molecule has 1 saturated carbocycles. The lowest BCUT2D eigenvalue weighted by Gasteiger charge is -2.34. The van der Waals surface area contributed by atoms with Crippen LogP contribution in [0, 0.1) is 12.7 Å². The Morgan fingerprint density at radius 3 is 2.70 bits per heavy atom. The van der Waals surface area contributed by atoms with Crippen molar-refractivity contribution in [2.24, 2.45) is 0 Å². The molecule has 1 aliphatic carbocycles. The molecular weight excluding hydrogens is 353 g/mol. The number of nitrogens with zero attached hydrogens (tertiary/aromatic N) is 2. The van der Waals surface area contributed by atoms with Crippen LogP contribution in [0.3, 0.4) is 0 Å². The first-order valence-corrected chi connectivity index (χ1v) is 9.06. The topological polar surface area (TPSA) is 94.8 Å². The average molecular weight is 375 g/mol. The number of hydrogen-bond acceptors (Lipinski definition) is 5. The van der Waals surface area contributed by atoms with Crippen molar-refractivity contribution in [1.29, 1.82) is 0 Å². The minimum absolute atomic E-state index is 0.0136. The first-order chi connectivity index (χ1) is 12.7. The van der Waals surface area contributed by atoms with Crippen molar-refractivity contribution in [2.45, 2.75) is 38.5 Å². The minimum atomic E-state index is -1.39. The van der Waals surface area contributed by atoms with Crippen LogP contribution in [0.1, 0.15) is 35.7 Å². The fourth-order valence-corrected chi connectivity index (χ4v) is 3.86. The molecular formula is C19H22FN3O4. The van der Waals surface area contributed by atoms with E-state index in [9.17, 15) is 19.8 Å². The first kappa shape index (κ1) is 17.9. The summed E-state index contributed by atoms with van der Waals surface area (Å²) >= 11 is 0. The molecule has 0 bridgehead atoms. The van der Waals surface area contributed by atoms with E-state index < -0.39 is 28.5 Å². The summed E-state index contributed by atoms with van der Waals surface area (Å²) in [5.41, 5.74) is -1.57. The van der Waals surface area contributed by atoms with Crippen LogP contribution in [-0.2, 0) is 5.72 Å². The van der Waals surface area contributed by atoms with Crippen molar-refractivity contribution in [2.75, 3.05) is 24.5 Å². The van der Waals surface area contributed by atoms with Crippen molar-refractivity contribution >= 4 is 22.6 Å². The lowest BCUT2D eigenvalue weighted by Crippen LogP contribution is -2.49. The Morgan fingerprint density at radius 2 is 2.11 bits per heavy atom. The molecule has 144 valence electrons. The summed E-state index contributed by atoms with van der Waals surface area (Å²) in [6.45, 7) is 5.45. The number of nitrogens with one attached hydrogen (secondary N) is 1. The molecule has 1 unspecified atom stereocenters. The Hall–Kier alpha value is -2.45. The van der Waals surface area contributed by atoms with E-state index in [0.29, 0.717) is 43.7 Å². The summed E-state index contributed by atoms with van der Waals surface area (Å²) in [6, 6.07) is 1.76. The largest absolute Gasteiger partial charge is 0.477 e. The quantitative estimate of drug-likeness (QED) is 0.750. The third kappa shape index (κ3) is 2.80. The van der Waals surface area contributed by atoms with Gasteiger partial charge in [0, 0.05) is 37.4 Å². The Bertz CT molecular complexity index is 1010. The van der Waals surface area contributed by atoms with Crippen LogP contribution < -0.4 is 15.6 Å². The van der Waals surface area contributed by atoms with Crippen molar-refractivity contribution in [3.05, 3.63) is 39.4 Å². The van der Waals surface area contributed by atoms with E-state index in [0.717, 1.165) is 0 Å². The van der Waals surface area contributed by atoms with E-state index in [1.807, 2.05) is 11.8 Å². The predicted molar refractivity (Wildman–Crippen MR) is 99.0 cm³/mol. The van der Waals surface area contributed by atoms with Gasteiger partial charge in [0.25, 0.3) is 0 Å². The standard InChI is InChI=1S/C19H22FN3O4/c1-10-8-22(6-5-21-10)14-7-13-15(11(2)16(14)20)17(24)12(18(25)26)9-23(13)19(27)3-4-19/h7,9-10,21,27H,3-6,8H2,1-2H3,(H,25,26). The third-order valence-corrected chi connectivity index (χ3v) is 5.53. The van der Waals surface area contributed by atoms with Gasteiger partial charge >= 0.3 is 5.97 Å².